The molecule has 1 aromatic heterocycles. The maximum absolute atomic E-state index is 12.2. The molecule has 0 fully saturated rings. The highest BCUT2D eigenvalue weighted by Crippen LogP contribution is 2.30. The van der Waals surface area contributed by atoms with Crippen LogP contribution in [0.5, 0.6) is 11.5 Å². The van der Waals surface area contributed by atoms with E-state index < -0.39 is 0 Å². The van der Waals surface area contributed by atoms with Crippen molar-refractivity contribution in [2.45, 2.75) is 39.7 Å². The number of carbonyl (C=O) groups is 1. The van der Waals surface area contributed by atoms with Gasteiger partial charge in [0.15, 0.2) is 11.5 Å². The van der Waals surface area contributed by atoms with E-state index in [1.807, 2.05) is 25.1 Å². The molecular weight excluding hydrogens is 334 g/mol. The molecule has 1 aliphatic heterocycles. The first-order chi connectivity index (χ1) is 12.5. The SMILES string of the molecule is Cc1nc(=O)[nH]c(C)c1CCC(=O)NCc1ccc2c(c1)OCCCO2. The molecule has 1 amide bonds. The zero-order chi connectivity index (χ0) is 18.5. The first kappa shape index (κ1) is 18.0. The van der Waals surface area contributed by atoms with Gasteiger partial charge in [0.2, 0.25) is 5.91 Å². The summed E-state index contributed by atoms with van der Waals surface area (Å²) in [6.45, 7) is 5.32. The molecule has 1 aromatic carbocycles. The summed E-state index contributed by atoms with van der Waals surface area (Å²) in [6.07, 6.45) is 1.73. The maximum Gasteiger partial charge on any atom is 0.345 e. The summed E-state index contributed by atoms with van der Waals surface area (Å²) < 4.78 is 11.3. The monoisotopic (exact) mass is 357 g/mol. The van der Waals surface area contributed by atoms with Gasteiger partial charge in [0.05, 0.1) is 13.2 Å². The van der Waals surface area contributed by atoms with Crippen LogP contribution < -0.4 is 20.5 Å². The second-order valence-electron chi connectivity index (χ2n) is 6.34. The quantitative estimate of drug-likeness (QED) is 0.851. The highest BCUT2D eigenvalue weighted by Gasteiger charge is 2.12. The average Bonchev–Trinajstić information content (AvgIpc) is 2.83. The van der Waals surface area contributed by atoms with E-state index >= 15 is 0 Å². The highest BCUT2D eigenvalue weighted by atomic mass is 16.5. The van der Waals surface area contributed by atoms with Crippen molar-refractivity contribution in [3.63, 3.8) is 0 Å². The van der Waals surface area contributed by atoms with Gasteiger partial charge in [-0.1, -0.05) is 6.07 Å². The molecular formula is C19H23N3O4. The molecule has 0 saturated heterocycles. The van der Waals surface area contributed by atoms with E-state index in [0.717, 1.165) is 34.7 Å². The fourth-order valence-corrected chi connectivity index (χ4v) is 2.97. The molecule has 0 saturated carbocycles. The van der Waals surface area contributed by atoms with Gasteiger partial charge in [-0.05, 0) is 43.5 Å². The summed E-state index contributed by atoms with van der Waals surface area (Å²) in [5.41, 5.74) is 2.94. The molecule has 26 heavy (non-hydrogen) atoms. The standard InChI is InChI=1S/C19H23N3O4/c1-12-15(13(2)22-19(24)21-12)5-7-18(23)20-11-14-4-6-16-17(10-14)26-9-3-8-25-16/h4,6,10H,3,5,7-9,11H2,1-2H3,(H,20,23)(H,21,22,24). The smallest absolute Gasteiger partial charge is 0.345 e. The molecule has 0 bridgehead atoms. The summed E-state index contributed by atoms with van der Waals surface area (Å²) in [6, 6.07) is 5.70. The lowest BCUT2D eigenvalue weighted by Crippen LogP contribution is -2.24. The fourth-order valence-electron chi connectivity index (χ4n) is 2.97. The summed E-state index contributed by atoms with van der Waals surface area (Å²) >= 11 is 0. The van der Waals surface area contributed by atoms with Crippen LogP contribution in [-0.4, -0.2) is 29.1 Å². The van der Waals surface area contributed by atoms with Crippen LogP contribution in [0.1, 0.15) is 35.4 Å². The number of amides is 1. The third kappa shape index (κ3) is 4.41. The minimum Gasteiger partial charge on any atom is -0.490 e. The summed E-state index contributed by atoms with van der Waals surface area (Å²) in [5, 5.41) is 2.91. The Morgan fingerprint density at radius 3 is 2.77 bits per heavy atom. The van der Waals surface area contributed by atoms with Gasteiger partial charge in [0, 0.05) is 30.8 Å². The van der Waals surface area contributed by atoms with E-state index in [1.54, 1.807) is 6.92 Å². The number of hydrogen-bond acceptors (Lipinski definition) is 5. The first-order valence-corrected chi connectivity index (χ1v) is 8.74. The van der Waals surface area contributed by atoms with E-state index in [1.165, 1.54) is 0 Å². The van der Waals surface area contributed by atoms with Crippen molar-refractivity contribution in [1.82, 2.24) is 15.3 Å². The Balaban J connectivity index is 1.55. The molecule has 0 radical (unpaired) electrons. The van der Waals surface area contributed by atoms with Crippen LogP contribution in [0.3, 0.4) is 0 Å². The summed E-state index contributed by atoms with van der Waals surface area (Å²) in [4.78, 5) is 30.0. The Morgan fingerprint density at radius 1 is 1.23 bits per heavy atom. The summed E-state index contributed by atoms with van der Waals surface area (Å²) in [7, 11) is 0. The van der Waals surface area contributed by atoms with Crippen molar-refractivity contribution in [3.8, 4) is 11.5 Å². The van der Waals surface area contributed by atoms with Crippen LogP contribution in [0, 0.1) is 13.8 Å². The zero-order valence-electron chi connectivity index (χ0n) is 15.1. The number of rotatable bonds is 5. The molecule has 7 heteroatoms. The molecule has 2 N–H and O–H groups in total. The lowest BCUT2D eigenvalue weighted by molar-refractivity contribution is -0.121. The number of nitrogens with zero attached hydrogens (tertiary/aromatic N) is 1. The number of H-pyrrole nitrogens is 1. The van der Waals surface area contributed by atoms with Crippen LogP contribution in [0.25, 0.3) is 0 Å². The number of fused-ring (bicyclic) bond motifs is 1. The van der Waals surface area contributed by atoms with Gasteiger partial charge < -0.3 is 19.8 Å². The number of aromatic nitrogens is 2. The topological polar surface area (TPSA) is 93.3 Å². The van der Waals surface area contributed by atoms with Crippen molar-refractivity contribution < 1.29 is 14.3 Å². The number of benzene rings is 1. The molecule has 0 spiro atoms. The molecule has 3 rings (SSSR count). The van der Waals surface area contributed by atoms with Crippen LogP contribution in [-0.2, 0) is 17.8 Å². The van der Waals surface area contributed by atoms with Gasteiger partial charge >= 0.3 is 5.69 Å². The molecule has 0 atom stereocenters. The van der Waals surface area contributed by atoms with Crippen LogP contribution in [0.4, 0.5) is 0 Å². The zero-order valence-corrected chi connectivity index (χ0v) is 15.1. The van der Waals surface area contributed by atoms with E-state index in [9.17, 15) is 9.59 Å². The second kappa shape index (κ2) is 8.03. The van der Waals surface area contributed by atoms with Crippen molar-refractivity contribution in [3.05, 3.63) is 51.2 Å². The predicted octanol–water partition coefficient (Wildman–Crippen LogP) is 1.80. The van der Waals surface area contributed by atoms with E-state index in [0.29, 0.717) is 38.3 Å². The highest BCUT2D eigenvalue weighted by molar-refractivity contribution is 5.76. The van der Waals surface area contributed by atoms with Gasteiger partial charge in [0.25, 0.3) is 0 Å². The van der Waals surface area contributed by atoms with Gasteiger partial charge in [-0.15, -0.1) is 0 Å². The Morgan fingerprint density at radius 2 is 2.00 bits per heavy atom. The van der Waals surface area contributed by atoms with E-state index in [2.05, 4.69) is 15.3 Å². The van der Waals surface area contributed by atoms with E-state index in [-0.39, 0.29) is 11.6 Å². The largest absolute Gasteiger partial charge is 0.490 e. The average molecular weight is 357 g/mol. The van der Waals surface area contributed by atoms with Gasteiger partial charge in [0.1, 0.15) is 0 Å². The van der Waals surface area contributed by atoms with Crippen molar-refractivity contribution in [2.75, 3.05) is 13.2 Å². The Kier molecular flexibility index (Phi) is 5.55. The number of carbonyl (C=O) groups excluding carboxylic acids is 1. The van der Waals surface area contributed by atoms with Crippen molar-refractivity contribution >= 4 is 5.91 Å². The molecule has 7 nitrogen and oxygen atoms in total. The molecule has 0 aliphatic carbocycles. The molecule has 138 valence electrons. The third-order valence-electron chi connectivity index (χ3n) is 4.36. The van der Waals surface area contributed by atoms with Crippen molar-refractivity contribution in [2.24, 2.45) is 0 Å². The Bertz CT molecular complexity index is 834. The molecule has 2 aromatic rings. The first-order valence-electron chi connectivity index (χ1n) is 8.74. The fraction of sp³-hybridized carbons (Fsp3) is 0.421. The molecule has 0 unspecified atom stereocenters. The predicted molar refractivity (Wildman–Crippen MR) is 96.5 cm³/mol. The number of hydrogen-bond donors (Lipinski definition) is 2. The van der Waals surface area contributed by atoms with Gasteiger partial charge in [-0.2, -0.15) is 4.98 Å². The molecule has 1 aliphatic rings. The number of aryl methyl sites for hydroxylation is 2. The van der Waals surface area contributed by atoms with Crippen LogP contribution >= 0.6 is 0 Å². The number of ether oxygens (including phenoxy) is 2. The lowest BCUT2D eigenvalue weighted by atomic mass is 10.1. The number of aromatic amines is 1. The maximum atomic E-state index is 12.2. The number of nitrogens with one attached hydrogen (secondary N) is 2. The Hall–Kier alpha value is -2.83. The Labute approximate surface area is 151 Å². The van der Waals surface area contributed by atoms with E-state index in [4.69, 9.17) is 9.47 Å². The molecule has 2 heterocycles. The van der Waals surface area contributed by atoms with Crippen LogP contribution in [0.15, 0.2) is 23.0 Å². The minimum atomic E-state index is -0.359. The van der Waals surface area contributed by atoms with Gasteiger partial charge in [-0.25, -0.2) is 4.79 Å². The third-order valence-corrected chi connectivity index (χ3v) is 4.36. The minimum absolute atomic E-state index is 0.0536. The van der Waals surface area contributed by atoms with Gasteiger partial charge in [-0.3, -0.25) is 4.79 Å². The van der Waals surface area contributed by atoms with Crippen molar-refractivity contribution in [1.29, 1.82) is 0 Å². The lowest BCUT2D eigenvalue weighted by Gasteiger charge is -2.11. The second-order valence-corrected chi connectivity index (χ2v) is 6.34. The van der Waals surface area contributed by atoms with Crippen LogP contribution in [0.2, 0.25) is 0 Å². The normalized spacial score (nSPS) is 13.2. The summed E-state index contributed by atoms with van der Waals surface area (Å²) in [5.74, 6) is 1.41.